The summed E-state index contributed by atoms with van der Waals surface area (Å²) in [4.78, 5) is 32.7. The van der Waals surface area contributed by atoms with E-state index in [9.17, 15) is 9.70 Å². The van der Waals surface area contributed by atoms with Crippen LogP contribution in [0.2, 0.25) is 0 Å². The van der Waals surface area contributed by atoms with E-state index < -0.39 is 24.2 Å². The number of rotatable bonds is 6. The van der Waals surface area contributed by atoms with Gasteiger partial charge in [-0.3, -0.25) is 20.4 Å². The average Bonchev–Trinajstić information content (AvgIpc) is 2.70. The van der Waals surface area contributed by atoms with Crippen LogP contribution in [-0.4, -0.2) is 79.8 Å². The number of halogens is 1. The van der Waals surface area contributed by atoms with E-state index in [4.69, 9.17) is 17.3 Å². The fourth-order valence-corrected chi connectivity index (χ4v) is 3.68. The molecule has 1 aromatic heterocycles. The lowest BCUT2D eigenvalue weighted by Gasteiger charge is -2.36. The molecule has 0 bridgehead atoms. The first-order valence-corrected chi connectivity index (χ1v) is 9.80. The largest absolute Gasteiger partial charge is 0.367 e. The first-order chi connectivity index (χ1) is 13.5. The third-order valence-corrected chi connectivity index (χ3v) is 5.48. The summed E-state index contributed by atoms with van der Waals surface area (Å²) in [7, 11) is 2.08. The van der Waals surface area contributed by atoms with Crippen LogP contribution in [0.1, 0.15) is 0 Å². The quantitative estimate of drug-likeness (QED) is 0.367. The van der Waals surface area contributed by atoms with E-state index in [1.807, 2.05) is 6.07 Å². The number of amides is 1. The minimum Gasteiger partial charge on any atom is -0.367 e. The van der Waals surface area contributed by atoms with Crippen molar-refractivity contribution in [3.8, 4) is 0 Å². The molecule has 2 atom stereocenters. The number of alkyl halides is 1. The maximum absolute atomic E-state index is 13.0. The smallest absolute Gasteiger partial charge is 0.234 e. The molecule has 1 amide bonds. The van der Waals surface area contributed by atoms with Gasteiger partial charge in [-0.2, -0.15) is 0 Å². The van der Waals surface area contributed by atoms with Crippen LogP contribution in [-0.2, 0) is 4.79 Å². The Bertz CT molecular complexity index is 677. The molecule has 5 N–H and O–H groups in total. The molecule has 3 heterocycles. The van der Waals surface area contributed by atoms with Crippen molar-refractivity contribution in [2.24, 2.45) is 16.8 Å². The summed E-state index contributed by atoms with van der Waals surface area (Å²) in [5.41, 5.74) is 7.33. The lowest BCUT2D eigenvalue weighted by atomic mass is 9.99. The number of nitrogens with one attached hydrogen (secondary N) is 3. The van der Waals surface area contributed by atoms with Gasteiger partial charge in [0.15, 0.2) is 6.17 Å². The minimum atomic E-state index is -1.19. The van der Waals surface area contributed by atoms with Crippen LogP contribution in [0, 0.1) is 10.8 Å². The standard InChI is InChI=1S/C17H27ClN8O2/c1-25-4-6-26(7-5-25)13-2-3-20-10-12(13)23-17(27)14(15(19)24-28)16-21-8-11(18)9-22-16/h2-3,10-11,14-16,21-22H,4-9,19H2,1H3,(H,23,27). The zero-order valence-corrected chi connectivity index (χ0v) is 16.6. The van der Waals surface area contributed by atoms with Gasteiger partial charge in [-0.1, -0.05) is 5.18 Å². The van der Waals surface area contributed by atoms with Crippen LogP contribution in [0.15, 0.2) is 23.6 Å². The van der Waals surface area contributed by atoms with Crippen molar-refractivity contribution in [3.63, 3.8) is 0 Å². The maximum Gasteiger partial charge on any atom is 0.234 e. The van der Waals surface area contributed by atoms with E-state index in [1.54, 1.807) is 12.4 Å². The first kappa shape index (κ1) is 20.9. The molecular weight excluding hydrogens is 384 g/mol. The molecule has 1 aromatic rings. The summed E-state index contributed by atoms with van der Waals surface area (Å²) >= 11 is 6.07. The molecule has 10 nitrogen and oxygen atoms in total. The molecule has 3 rings (SSSR count). The number of piperazine rings is 1. The van der Waals surface area contributed by atoms with Gasteiger partial charge in [-0.15, -0.1) is 16.5 Å². The molecule has 0 radical (unpaired) electrons. The van der Waals surface area contributed by atoms with Crippen molar-refractivity contribution < 1.29 is 4.79 Å². The number of nitrogens with two attached hydrogens (primary N) is 1. The number of carbonyl (C=O) groups is 1. The lowest BCUT2D eigenvalue weighted by Crippen LogP contribution is -2.62. The molecule has 2 aliphatic rings. The van der Waals surface area contributed by atoms with E-state index in [-0.39, 0.29) is 5.38 Å². The Hall–Kier alpha value is -1.85. The summed E-state index contributed by atoms with van der Waals surface area (Å²) < 4.78 is 0. The second-order valence-corrected chi connectivity index (χ2v) is 7.80. The molecule has 154 valence electrons. The van der Waals surface area contributed by atoms with Gasteiger partial charge in [0.25, 0.3) is 0 Å². The highest BCUT2D eigenvalue weighted by atomic mass is 35.5. The summed E-state index contributed by atoms with van der Waals surface area (Å²) in [6, 6.07) is 1.88. The normalized spacial score (nSPS) is 25.8. The molecule has 0 spiro atoms. The number of likely N-dealkylation sites (N-methyl/N-ethyl adjacent to an activating group) is 1. The van der Waals surface area contributed by atoms with Gasteiger partial charge in [0.1, 0.15) is 5.92 Å². The van der Waals surface area contributed by atoms with E-state index in [1.165, 1.54) is 0 Å². The molecule has 0 aromatic carbocycles. The third kappa shape index (κ3) is 4.95. The predicted octanol–water partition coefficient (Wildman–Crippen LogP) is -0.434. The molecule has 2 saturated heterocycles. The molecule has 28 heavy (non-hydrogen) atoms. The molecular formula is C17H27ClN8O2. The minimum absolute atomic E-state index is 0.0949. The highest BCUT2D eigenvalue weighted by Crippen LogP contribution is 2.26. The van der Waals surface area contributed by atoms with Gasteiger partial charge in [0.05, 0.1) is 29.1 Å². The van der Waals surface area contributed by atoms with Crippen LogP contribution in [0.3, 0.4) is 0 Å². The van der Waals surface area contributed by atoms with E-state index in [0.29, 0.717) is 18.8 Å². The SMILES string of the molecule is CN1CCN(c2ccncc2NC(=O)C(C(N)N=O)C2NCC(Cl)CN2)CC1. The van der Waals surface area contributed by atoms with Crippen LogP contribution in [0.4, 0.5) is 11.4 Å². The van der Waals surface area contributed by atoms with Crippen molar-refractivity contribution >= 4 is 28.9 Å². The summed E-state index contributed by atoms with van der Waals surface area (Å²) in [5.74, 6) is -1.28. The Morgan fingerprint density at radius 1 is 1.36 bits per heavy atom. The number of nitrogens with zero attached hydrogens (tertiary/aromatic N) is 4. The van der Waals surface area contributed by atoms with Gasteiger partial charge >= 0.3 is 0 Å². The van der Waals surface area contributed by atoms with Crippen molar-refractivity contribution in [2.45, 2.75) is 17.7 Å². The fourth-order valence-electron chi connectivity index (χ4n) is 3.50. The Labute approximate surface area is 169 Å². The highest BCUT2D eigenvalue weighted by molar-refractivity contribution is 6.21. The van der Waals surface area contributed by atoms with Crippen molar-refractivity contribution in [1.82, 2.24) is 20.5 Å². The van der Waals surface area contributed by atoms with Gasteiger partial charge in [-0.25, -0.2) is 0 Å². The Balaban J connectivity index is 1.75. The lowest BCUT2D eigenvalue weighted by molar-refractivity contribution is -0.121. The van der Waals surface area contributed by atoms with Crippen LogP contribution in [0.25, 0.3) is 0 Å². The zero-order chi connectivity index (χ0) is 20.1. The molecule has 2 fully saturated rings. The Morgan fingerprint density at radius 3 is 2.68 bits per heavy atom. The average molecular weight is 411 g/mol. The first-order valence-electron chi connectivity index (χ1n) is 9.37. The van der Waals surface area contributed by atoms with Gasteiger partial charge < -0.3 is 20.9 Å². The maximum atomic E-state index is 13.0. The van der Waals surface area contributed by atoms with Crippen LogP contribution < -0.4 is 26.6 Å². The summed E-state index contributed by atoms with van der Waals surface area (Å²) in [5, 5.41) is 11.9. The van der Waals surface area contributed by atoms with Crippen molar-refractivity contribution in [1.29, 1.82) is 0 Å². The molecule has 2 aliphatic heterocycles. The number of nitroso groups, excluding NO2 is 1. The number of carbonyl (C=O) groups excluding carboxylic acids is 1. The third-order valence-electron chi connectivity index (χ3n) is 5.17. The Kier molecular flexibility index (Phi) is 7.13. The molecule has 0 saturated carbocycles. The Morgan fingerprint density at radius 2 is 2.04 bits per heavy atom. The molecule has 0 aliphatic carbocycles. The highest BCUT2D eigenvalue weighted by Gasteiger charge is 2.37. The zero-order valence-electron chi connectivity index (χ0n) is 15.8. The number of aromatic nitrogens is 1. The predicted molar refractivity (Wildman–Crippen MR) is 109 cm³/mol. The summed E-state index contributed by atoms with van der Waals surface area (Å²) in [6.45, 7) is 4.60. The van der Waals surface area contributed by atoms with Crippen LogP contribution in [0.5, 0.6) is 0 Å². The van der Waals surface area contributed by atoms with E-state index in [0.717, 1.165) is 31.9 Å². The monoisotopic (exact) mass is 410 g/mol. The van der Waals surface area contributed by atoms with Crippen LogP contribution >= 0.6 is 11.6 Å². The van der Waals surface area contributed by atoms with Gasteiger partial charge in [0, 0.05) is 45.5 Å². The van der Waals surface area contributed by atoms with Crippen molar-refractivity contribution in [2.75, 3.05) is 56.5 Å². The number of hydrogen-bond donors (Lipinski definition) is 4. The number of pyridine rings is 1. The number of hydrogen-bond acceptors (Lipinski definition) is 9. The second kappa shape index (κ2) is 9.57. The van der Waals surface area contributed by atoms with E-state index >= 15 is 0 Å². The van der Waals surface area contributed by atoms with Gasteiger partial charge in [0.2, 0.25) is 5.91 Å². The van der Waals surface area contributed by atoms with E-state index in [2.05, 4.69) is 43.0 Å². The summed E-state index contributed by atoms with van der Waals surface area (Å²) in [6.07, 6.45) is 1.62. The molecule has 2 unspecified atom stereocenters. The second-order valence-electron chi connectivity index (χ2n) is 7.19. The topological polar surface area (TPSA) is 128 Å². The van der Waals surface area contributed by atoms with Crippen molar-refractivity contribution in [3.05, 3.63) is 23.4 Å². The fraction of sp³-hybridized carbons (Fsp3) is 0.647. The van der Waals surface area contributed by atoms with Gasteiger partial charge in [-0.05, 0) is 13.1 Å². The number of anilines is 2. The molecule has 11 heteroatoms.